The highest BCUT2D eigenvalue weighted by molar-refractivity contribution is 6.05. The Balaban J connectivity index is 0.000000143. The second-order valence-corrected chi connectivity index (χ2v) is 23.4. The zero-order valence-electron chi connectivity index (χ0n) is 53.0. The third-order valence-electron chi connectivity index (χ3n) is 15.7. The van der Waals surface area contributed by atoms with Crippen LogP contribution in [0.2, 0.25) is 0 Å². The van der Waals surface area contributed by atoms with Crippen LogP contribution in [0.1, 0.15) is 65.3 Å². The Hall–Kier alpha value is -9.36. The Morgan fingerprint density at radius 1 is 0.443 bits per heavy atom. The fraction of sp³-hybridized carbons (Fsp3) is 0.240. The molecule has 1 aliphatic heterocycles. The number of rotatable bonds is 5. The van der Waals surface area contributed by atoms with Crippen molar-refractivity contribution in [1.29, 1.82) is 0 Å². The second kappa shape index (κ2) is 27.6. The number of aromatic nitrogens is 5. The van der Waals surface area contributed by atoms with Crippen molar-refractivity contribution in [1.82, 2.24) is 0 Å². The third kappa shape index (κ3) is 15.2. The molecule has 0 bridgehead atoms. The lowest BCUT2D eigenvalue weighted by atomic mass is 9.86. The number of ether oxygens (including phenoxy) is 3. The molecular weight excluding hydrogens is 1110 g/mol. The molecule has 11 aromatic rings. The Labute approximate surface area is 514 Å². The van der Waals surface area contributed by atoms with Gasteiger partial charge in [0.15, 0.2) is 42.5 Å². The predicted molar refractivity (Wildman–Crippen MR) is 340 cm³/mol. The van der Waals surface area contributed by atoms with Crippen LogP contribution in [0.15, 0.2) is 195 Å². The van der Waals surface area contributed by atoms with E-state index in [1.807, 2.05) is 61.1 Å². The summed E-state index contributed by atoms with van der Waals surface area (Å²) >= 11 is 0. The van der Waals surface area contributed by atoms with Crippen LogP contribution in [0.4, 0.5) is 22.0 Å². The van der Waals surface area contributed by atoms with E-state index in [9.17, 15) is 22.0 Å². The summed E-state index contributed by atoms with van der Waals surface area (Å²) < 4.78 is 90.5. The van der Waals surface area contributed by atoms with Gasteiger partial charge in [0.25, 0.3) is 0 Å². The van der Waals surface area contributed by atoms with Gasteiger partial charge < -0.3 is 14.2 Å². The normalized spacial score (nSPS) is 11.5. The number of aryl methyl sites for hydroxylation is 11. The van der Waals surface area contributed by atoms with Gasteiger partial charge in [-0.1, -0.05) is 62.7 Å². The summed E-state index contributed by atoms with van der Waals surface area (Å²) in [4.78, 5) is 0. The summed E-state index contributed by atoms with van der Waals surface area (Å²) in [5.74, 6) is 1.32. The van der Waals surface area contributed by atoms with Crippen molar-refractivity contribution < 1.29 is 59.0 Å². The molecule has 0 unspecified atom stereocenters. The summed E-state index contributed by atoms with van der Waals surface area (Å²) in [6.07, 6.45) is 4.91. The Morgan fingerprint density at radius 3 is 1.65 bits per heavy atom. The molecule has 452 valence electrons. The average Bonchev–Trinajstić information content (AvgIpc) is 1.51. The monoisotopic (exact) mass is 1190 g/mol. The minimum atomic E-state index is -4.33. The Kier molecular flexibility index (Phi) is 20.2. The number of hydrogen-bond acceptors (Lipinski definition) is 3. The quantitative estimate of drug-likeness (QED) is 0.0980. The maximum Gasteiger partial charge on any atom is 0.422 e. The van der Waals surface area contributed by atoms with Gasteiger partial charge in [0.2, 0.25) is 35.1 Å². The van der Waals surface area contributed by atoms with E-state index < -0.39 is 23.4 Å². The molecule has 8 nitrogen and oxygen atoms in total. The molecule has 0 saturated heterocycles. The Morgan fingerprint density at radius 2 is 1.03 bits per heavy atom. The first-order valence-electron chi connectivity index (χ1n) is 29.1. The highest BCUT2D eigenvalue weighted by atomic mass is 19.4. The molecule has 12 rings (SSSR count). The van der Waals surface area contributed by atoms with Crippen molar-refractivity contribution in [3.63, 3.8) is 0 Å². The van der Waals surface area contributed by atoms with Gasteiger partial charge in [-0.3, -0.25) is 0 Å². The van der Waals surface area contributed by atoms with E-state index in [-0.39, 0.29) is 5.41 Å². The van der Waals surface area contributed by atoms with Crippen LogP contribution in [-0.4, -0.2) is 13.9 Å². The molecule has 0 amide bonds. The summed E-state index contributed by atoms with van der Waals surface area (Å²) in [5.41, 5.74) is 16.6. The number of methoxy groups -OCH3 is 1. The van der Waals surface area contributed by atoms with E-state index in [2.05, 4.69) is 199 Å². The molecule has 6 heterocycles. The SMILES string of the molecule is COc1ccc(-c2ccc(C(F)(F)F)c[n+]2C)c(C)c1.Cc1cc(F)cc(F)c1-c1cccc[n+]1C.Cc1cc2c(cc1-c1cc(C(C)(C)C)cc[n+]1C)OCO2.Cc1ccc(-c2cccc[n+]2C)c(C)c1.Cc1cccc2ccc3ccc[n+](C)c3c12. The molecule has 88 heavy (non-hydrogen) atoms. The highest BCUT2D eigenvalue weighted by Crippen LogP contribution is 2.39. The number of pyridine rings is 5. The van der Waals surface area contributed by atoms with Crippen LogP contribution in [0.5, 0.6) is 17.2 Å². The molecule has 0 spiro atoms. The maximum atomic E-state index is 13.7. The molecule has 0 saturated carbocycles. The van der Waals surface area contributed by atoms with E-state index in [0.717, 1.165) is 58.1 Å². The number of benzene rings is 6. The van der Waals surface area contributed by atoms with E-state index in [1.165, 1.54) is 88.7 Å². The van der Waals surface area contributed by atoms with Gasteiger partial charge in [-0.05, 0) is 159 Å². The predicted octanol–water partition coefficient (Wildman–Crippen LogP) is 15.7. The van der Waals surface area contributed by atoms with Gasteiger partial charge in [0, 0.05) is 71.1 Å². The van der Waals surface area contributed by atoms with E-state index in [1.54, 1.807) is 27.1 Å². The van der Waals surface area contributed by atoms with Crippen LogP contribution >= 0.6 is 0 Å². The first-order valence-corrected chi connectivity index (χ1v) is 29.1. The van der Waals surface area contributed by atoms with Crippen LogP contribution in [0.3, 0.4) is 0 Å². The molecule has 13 heteroatoms. The van der Waals surface area contributed by atoms with Gasteiger partial charge in [-0.2, -0.15) is 13.2 Å². The van der Waals surface area contributed by atoms with Crippen LogP contribution in [0, 0.1) is 53.2 Å². The van der Waals surface area contributed by atoms with Gasteiger partial charge in [-0.15, -0.1) is 0 Å². The molecule has 1 aliphatic rings. The molecule has 6 aromatic carbocycles. The van der Waals surface area contributed by atoms with E-state index in [4.69, 9.17) is 14.2 Å². The molecule has 0 fully saturated rings. The summed E-state index contributed by atoms with van der Waals surface area (Å²) in [6.45, 7) is 19.2. The topological polar surface area (TPSA) is 47.1 Å². The summed E-state index contributed by atoms with van der Waals surface area (Å²) in [7, 11) is 11.3. The van der Waals surface area contributed by atoms with Gasteiger partial charge in [0.1, 0.15) is 58.2 Å². The molecule has 5 aromatic heterocycles. The first kappa shape index (κ1) is 64.6. The molecule has 0 radical (unpaired) electrons. The minimum Gasteiger partial charge on any atom is -0.497 e. The third-order valence-corrected chi connectivity index (χ3v) is 15.7. The van der Waals surface area contributed by atoms with Gasteiger partial charge in [-0.25, -0.2) is 31.6 Å². The number of alkyl halides is 3. The first-order chi connectivity index (χ1) is 41.7. The Bertz CT molecular complexity index is 4240. The zero-order chi connectivity index (χ0) is 63.8. The average molecular weight is 1190 g/mol. The van der Waals surface area contributed by atoms with E-state index >= 15 is 0 Å². The lowest BCUT2D eigenvalue weighted by molar-refractivity contribution is -0.661. The smallest absolute Gasteiger partial charge is 0.422 e. The van der Waals surface area contributed by atoms with Crippen molar-refractivity contribution >= 4 is 21.7 Å². The standard InChI is InChI=1S/C18H22NO2.C15H15F3NO.C15H14N.C14H16N.C13H12F2N/c1-12-8-16-17(21-11-20-16)10-14(12)15-9-13(18(2,3)4)6-7-19(15)5;1-10-8-12(20-3)5-6-13(10)14-7-4-11(9-19(14)2)15(16,17)18;1-11-5-3-6-12-8-9-13-7-4-10-16(2)15(13)14(11)12;1-11-7-8-13(12(2)10-11)14-6-4-5-9-15(14)3;1-9-7-10(14)8-11(15)13(9)12-5-3-4-6-16(12)2/h6-10H,11H2,1-5H3;4-9H,1-3H3;3-10H,1-2H3;4-10H,1-3H3;3-8H,1-2H3/q5*+1. The maximum absolute atomic E-state index is 13.7. The van der Waals surface area contributed by atoms with Gasteiger partial charge in [0.05, 0.1) is 23.6 Å². The summed E-state index contributed by atoms with van der Waals surface area (Å²) in [6, 6.07) is 52.4. The molecular formula is C75H79F5N5O3+5. The lowest BCUT2D eigenvalue weighted by Gasteiger charge is -2.19. The van der Waals surface area contributed by atoms with Crippen molar-refractivity contribution in [3.05, 3.63) is 251 Å². The van der Waals surface area contributed by atoms with Gasteiger partial charge >= 0.3 is 6.18 Å². The van der Waals surface area contributed by atoms with Crippen molar-refractivity contribution in [2.45, 2.75) is 73.9 Å². The van der Waals surface area contributed by atoms with E-state index in [0.29, 0.717) is 17.9 Å². The fourth-order valence-electron chi connectivity index (χ4n) is 10.9. The van der Waals surface area contributed by atoms with Crippen molar-refractivity contribution in [2.24, 2.45) is 35.2 Å². The number of nitrogens with zero attached hydrogens (tertiary/aromatic N) is 5. The molecule has 0 atom stereocenters. The lowest BCUT2D eigenvalue weighted by Crippen LogP contribution is -2.32. The van der Waals surface area contributed by atoms with Crippen LogP contribution in [-0.2, 0) is 46.8 Å². The largest absolute Gasteiger partial charge is 0.497 e. The van der Waals surface area contributed by atoms with Crippen LogP contribution in [0.25, 0.3) is 66.7 Å². The zero-order valence-corrected chi connectivity index (χ0v) is 53.0. The molecule has 0 N–H and O–H groups in total. The number of fused-ring (bicyclic) bond motifs is 4. The highest BCUT2D eigenvalue weighted by Gasteiger charge is 2.34. The minimum absolute atomic E-state index is 0.132. The number of hydrogen-bond donors (Lipinski definition) is 0. The van der Waals surface area contributed by atoms with Crippen molar-refractivity contribution in [3.8, 4) is 62.3 Å². The summed E-state index contributed by atoms with van der Waals surface area (Å²) in [5, 5.41) is 3.98. The molecule has 0 aliphatic carbocycles. The van der Waals surface area contributed by atoms with Crippen molar-refractivity contribution in [2.75, 3.05) is 13.9 Å². The number of halogens is 5. The second-order valence-electron chi connectivity index (χ2n) is 23.4. The van der Waals surface area contributed by atoms with Crippen LogP contribution < -0.4 is 37.0 Å². The fourth-order valence-corrected chi connectivity index (χ4v) is 10.9.